The highest BCUT2D eigenvalue weighted by atomic mass is 32.1. The molecule has 100 valence electrons. The van der Waals surface area contributed by atoms with Crippen LogP contribution in [0, 0.1) is 5.41 Å². The molecule has 0 aliphatic heterocycles. The van der Waals surface area contributed by atoms with Crippen LogP contribution in [0.3, 0.4) is 0 Å². The molecule has 1 saturated carbocycles. The molecule has 0 saturated heterocycles. The Morgan fingerprint density at radius 1 is 1.24 bits per heavy atom. The highest BCUT2D eigenvalue weighted by molar-refractivity contribution is 7.80. The van der Waals surface area contributed by atoms with Crippen molar-refractivity contribution < 1.29 is 4.74 Å². The van der Waals surface area contributed by atoms with Gasteiger partial charge in [-0.3, -0.25) is 0 Å². The second-order valence-electron chi connectivity index (χ2n) is 5.84. The normalized spacial score (nSPS) is 18.9. The molecule has 0 aromatic rings. The van der Waals surface area contributed by atoms with E-state index in [0.717, 1.165) is 19.4 Å². The monoisotopic (exact) mass is 257 g/mol. The third-order valence-corrected chi connectivity index (χ3v) is 4.32. The Kier molecular flexibility index (Phi) is 6.42. The number of rotatable bonds is 6. The molecule has 0 spiro atoms. The first-order valence-electron chi connectivity index (χ1n) is 6.94. The van der Waals surface area contributed by atoms with E-state index in [1.54, 1.807) is 0 Å². The molecule has 1 aliphatic carbocycles. The quantitative estimate of drug-likeness (QED) is 0.446. The summed E-state index contributed by atoms with van der Waals surface area (Å²) in [6, 6.07) is 0. The topological polar surface area (TPSA) is 35.2 Å². The molecule has 1 aliphatic rings. The minimum atomic E-state index is -0.0256. The van der Waals surface area contributed by atoms with Crippen molar-refractivity contribution >= 4 is 17.2 Å². The van der Waals surface area contributed by atoms with E-state index < -0.39 is 0 Å². The number of ether oxygens (including phenoxy) is 1. The Hall–Kier alpha value is -0.150. The van der Waals surface area contributed by atoms with E-state index in [9.17, 15) is 0 Å². The van der Waals surface area contributed by atoms with Gasteiger partial charge in [-0.2, -0.15) is 0 Å². The van der Waals surface area contributed by atoms with Crippen molar-refractivity contribution in [2.75, 3.05) is 6.61 Å². The number of hydrogen-bond donors (Lipinski definition) is 1. The number of hydrogen-bond acceptors (Lipinski definition) is 2. The Morgan fingerprint density at radius 3 is 2.35 bits per heavy atom. The maximum Gasteiger partial charge on any atom is 0.0784 e. The average molecular weight is 257 g/mol. The van der Waals surface area contributed by atoms with E-state index in [1.807, 2.05) is 0 Å². The Balaban J connectivity index is 2.12. The maximum absolute atomic E-state index is 5.95. The molecule has 0 unspecified atom stereocenters. The second kappa shape index (κ2) is 7.32. The fourth-order valence-electron chi connectivity index (χ4n) is 2.30. The summed E-state index contributed by atoms with van der Waals surface area (Å²) in [4.78, 5) is 0.618. The summed E-state index contributed by atoms with van der Waals surface area (Å²) in [5.41, 5.74) is 5.68. The first-order valence-corrected chi connectivity index (χ1v) is 7.35. The zero-order chi connectivity index (χ0) is 12.7. The van der Waals surface area contributed by atoms with Crippen molar-refractivity contribution in [2.24, 2.45) is 11.1 Å². The van der Waals surface area contributed by atoms with Crippen LogP contribution in [0.25, 0.3) is 0 Å². The third kappa shape index (κ3) is 5.82. The largest absolute Gasteiger partial charge is 0.393 e. The Bertz CT molecular complexity index is 232. The summed E-state index contributed by atoms with van der Waals surface area (Å²) < 4.78 is 5.95. The van der Waals surface area contributed by atoms with E-state index in [2.05, 4.69) is 13.8 Å². The van der Waals surface area contributed by atoms with Gasteiger partial charge in [0.15, 0.2) is 0 Å². The molecule has 0 heterocycles. The zero-order valence-corrected chi connectivity index (χ0v) is 12.2. The van der Waals surface area contributed by atoms with Crippen LogP contribution in [0.5, 0.6) is 0 Å². The smallest absolute Gasteiger partial charge is 0.0784 e. The number of nitrogens with two attached hydrogens (primary N) is 1. The maximum atomic E-state index is 5.95. The van der Waals surface area contributed by atoms with Gasteiger partial charge in [0.25, 0.3) is 0 Å². The van der Waals surface area contributed by atoms with Crippen LogP contribution < -0.4 is 5.73 Å². The van der Waals surface area contributed by atoms with Crippen LogP contribution in [-0.4, -0.2) is 17.7 Å². The molecular formula is C14H27NOS. The lowest BCUT2D eigenvalue weighted by Crippen LogP contribution is -2.30. The lowest BCUT2D eigenvalue weighted by atomic mass is 9.88. The van der Waals surface area contributed by atoms with Crippen LogP contribution >= 0.6 is 12.2 Å². The lowest BCUT2D eigenvalue weighted by molar-refractivity contribution is 0.0387. The predicted molar refractivity (Wildman–Crippen MR) is 77.2 cm³/mol. The molecule has 1 rings (SSSR count). The molecule has 0 radical (unpaired) electrons. The van der Waals surface area contributed by atoms with Gasteiger partial charge in [0, 0.05) is 12.0 Å². The fourth-order valence-corrected chi connectivity index (χ4v) is 2.40. The standard InChI is InChI=1S/C14H27NOS/c1-14(2,13(15)17)10-7-11-16-12-8-5-3-4-6-9-12/h12H,3-11H2,1-2H3,(H2,15,17). The van der Waals surface area contributed by atoms with Gasteiger partial charge in [0.05, 0.1) is 11.1 Å². The molecule has 0 bridgehead atoms. The first-order chi connectivity index (χ1) is 8.02. The summed E-state index contributed by atoms with van der Waals surface area (Å²) in [7, 11) is 0. The third-order valence-electron chi connectivity index (χ3n) is 3.77. The van der Waals surface area contributed by atoms with Crippen LogP contribution in [0.4, 0.5) is 0 Å². The van der Waals surface area contributed by atoms with Gasteiger partial charge in [-0.25, -0.2) is 0 Å². The van der Waals surface area contributed by atoms with Crippen LogP contribution in [0.15, 0.2) is 0 Å². The average Bonchev–Trinajstić information content (AvgIpc) is 2.52. The molecule has 0 amide bonds. The minimum absolute atomic E-state index is 0.0256. The van der Waals surface area contributed by atoms with Gasteiger partial charge >= 0.3 is 0 Å². The molecule has 17 heavy (non-hydrogen) atoms. The van der Waals surface area contributed by atoms with E-state index in [1.165, 1.54) is 38.5 Å². The zero-order valence-electron chi connectivity index (χ0n) is 11.3. The Labute approximate surface area is 111 Å². The lowest BCUT2D eigenvalue weighted by Gasteiger charge is -2.23. The van der Waals surface area contributed by atoms with Crippen LogP contribution in [-0.2, 0) is 4.74 Å². The molecule has 2 N–H and O–H groups in total. The minimum Gasteiger partial charge on any atom is -0.393 e. The molecule has 3 heteroatoms. The van der Waals surface area contributed by atoms with E-state index >= 15 is 0 Å². The molecule has 0 aromatic carbocycles. The summed E-state index contributed by atoms with van der Waals surface area (Å²) in [5.74, 6) is 0. The van der Waals surface area contributed by atoms with Gasteiger partial charge in [-0.1, -0.05) is 51.7 Å². The van der Waals surface area contributed by atoms with Crippen molar-refractivity contribution in [1.29, 1.82) is 0 Å². The van der Waals surface area contributed by atoms with Gasteiger partial charge in [0.2, 0.25) is 0 Å². The predicted octanol–water partition coefficient (Wildman–Crippen LogP) is 3.82. The highest BCUT2D eigenvalue weighted by Crippen LogP contribution is 2.24. The van der Waals surface area contributed by atoms with Crippen molar-refractivity contribution in [3.8, 4) is 0 Å². The molecule has 2 nitrogen and oxygen atoms in total. The van der Waals surface area contributed by atoms with Crippen molar-refractivity contribution in [3.63, 3.8) is 0 Å². The summed E-state index contributed by atoms with van der Waals surface area (Å²) in [5, 5.41) is 0. The fraction of sp³-hybridized carbons (Fsp3) is 0.929. The van der Waals surface area contributed by atoms with Gasteiger partial charge < -0.3 is 10.5 Å². The van der Waals surface area contributed by atoms with Crippen LogP contribution in [0.2, 0.25) is 0 Å². The molecular weight excluding hydrogens is 230 g/mol. The Morgan fingerprint density at radius 2 is 1.82 bits per heavy atom. The molecule has 1 fully saturated rings. The number of thiocarbonyl (C=S) groups is 1. The SMILES string of the molecule is CC(C)(CCCOC1CCCCCC1)C(N)=S. The second-order valence-corrected chi connectivity index (χ2v) is 6.28. The first kappa shape index (κ1) is 14.9. The van der Waals surface area contributed by atoms with Crippen molar-refractivity contribution in [1.82, 2.24) is 0 Å². The van der Waals surface area contributed by atoms with Gasteiger partial charge in [0.1, 0.15) is 0 Å². The van der Waals surface area contributed by atoms with Crippen molar-refractivity contribution in [2.45, 2.75) is 71.3 Å². The summed E-state index contributed by atoms with van der Waals surface area (Å²) >= 11 is 5.06. The molecule has 0 atom stereocenters. The van der Waals surface area contributed by atoms with Gasteiger partial charge in [-0.15, -0.1) is 0 Å². The van der Waals surface area contributed by atoms with Crippen LogP contribution in [0.1, 0.15) is 65.2 Å². The van der Waals surface area contributed by atoms with Gasteiger partial charge in [-0.05, 0) is 25.7 Å². The summed E-state index contributed by atoms with van der Waals surface area (Å²) in [6.07, 6.45) is 10.5. The summed E-state index contributed by atoms with van der Waals surface area (Å²) in [6.45, 7) is 5.08. The van der Waals surface area contributed by atoms with E-state index in [4.69, 9.17) is 22.7 Å². The van der Waals surface area contributed by atoms with E-state index in [-0.39, 0.29) is 5.41 Å². The van der Waals surface area contributed by atoms with E-state index in [0.29, 0.717) is 11.1 Å². The van der Waals surface area contributed by atoms with Crippen molar-refractivity contribution in [3.05, 3.63) is 0 Å². The molecule has 0 aromatic heterocycles. The highest BCUT2D eigenvalue weighted by Gasteiger charge is 2.21.